The van der Waals surface area contributed by atoms with Crippen LogP contribution >= 0.6 is 11.6 Å². The van der Waals surface area contributed by atoms with Gasteiger partial charge >= 0.3 is 0 Å². The highest BCUT2D eigenvalue weighted by atomic mass is 35.5. The van der Waals surface area contributed by atoms with Gasteiger partial charge in [0, 0.05) is 6.61 Å². The van der Waals surface area contributed by atoms with Crippen LogP contribution in [0.1, 0.15) is 18.1 Å². The number of aliphatic hydroxyl groups is 1. The standard InChI is InChI=1S/C12H11ClFNO2/c13-9-2-1-8(5-10(9)14)11(16)12(6-15)3-4-17-7-12/h1-2,5,11,16H,3-4,7H2. The molecule has 2 atom stereocenters. The van der Waals surface area contributed by atoms with Crippen LogP contribution in [-0.4, -0.2) is 18.3 Å². The summed E-state index contributed by atoms with van der Waals surface area (Å²) < 4.78 is 18.4. The largest absolute Gasteiger partial charge is 0.387 e. The summed E-state index contributed by atoms with van der Waals surface area (Å²) >= 11 is 5.57. The molecule has 1 aliphatic rings. The number of hydrogen-bond donors (Lipinski definition) is 1. The van der Waals surface area contributed by atoms with E-state index in [0.29, 0.717) is 18.6 Å². The smallest absolute Gasteiger partial charge is 0.142 e. The van der Waals surface area contributed by atoms with Crippen LogP contribution < -0.4 is 0 Å². The van der Waals surface area contributed by atoms with Crippen LogP contribution in [0.5, 0.6) is 0 Å². The van der Waals surface area contributed by atoms with Gasteiger partial charge in [0.15, 0.2) is 0 Å². The Morgan fingerprint density at radius 2 is 2.35 bits per heavy atom. The number of nitriles is 1. The molecule has 2 unspecified atom stereocenters. The number of aliphatic hydroxyl groups excluding tert-OH is 1. The van der Waals surface area contributed by atoms with E-state index in [0.717, 1.165) is 6.07 Å². The normalized spacial score (nSPS) is 25.5. The molecular weight excluding hydrogens is 245 g/mol. The lowest BCUT2D eigenvalue weighted by atomic mass is 9.79. The van der Waals surface area contributed by atoms with E-state index in [2.05, 4.69) is 6.07 Å². The molecule has 3 nitrogen and oxygen atoms in total. The van der Waals surface area contributed by atoms with Crippen molar-refractivity contribution >= 4 is 11.6 Å². The van der Waals surface area contributed by atoms with Gasteiger partial charge in [-0.1, -0.05) is 17.7 Å². The van der Waals surface area contributed by atoms with Gasteiger partial charge in [0.2, 0.25) is 0 Å². The van der Waals surface area contributed by atoms with Crippen LogP contribution in [0.15, 0.2) is 18.2 Å². The Bertz CT molecular complexity index is 466. The number of ether oxygens (including phenoxy) is 1. The Balaban J connectivity index is 2.33. The predicted octanol–water partition coefficient (Wildman–Crippen LogP) is 2.44. The van der Waals surface area contributed by atoms with E-state index in [1.165, 1.54) is 12.1 Å². The Kier molecular flexibility index (Phi) is 3.34. The Labute approximate surface area is 103 Å². The van der Waals surface area contributed by atoms with Gasteiger partial charge in [0.25, 0.3) is 0 Å². The second-order valence-electron chi connectivity index (χ2n) is 4.15. The maximum absolute atomic E-state index is 13.3. The van der Waals surface area contributed by atoms with Gasteiger partial charge in [-0.25, -0.2) is 4.39 Å². The molecule has 0 radical (unpaired) electrons. The molecule has 1 aromatic rings. The number of benzene rings is 1. The maximum Gasteiger partial charge on any atom is 0.142 e. The molecule has 0 aliphatic carbocycles. The van der Waals surface area contributed by atoms with E-state index in [9.17, 15) is 9.50 Å². The fraction of sp³-hybridized carbons (Fsp3) is 0.417. The lowest BCUT2D eigenvalue weighted by molar-refractivity contribution is 0.0502. The zero-order valence-electron chi connectivity index (χ0n) is 8.99. The zero-order valence-corrected chi connectivity index (χ0v) is 9.75. The third-order valence-electron chi connectivity index (χ3n) is 3.06. The molecule has 1 aliphatic heterocycles. The van der Waals surface area contributed by atoms with Crippen molar-refractivity contribution < 1.29 is 14.2 Å². The first-order valence-electron chi connectivity index (χ1n) is 5.21. The van der Waals surface area contributed by atoms with Crippen molar-refractivity contribution in [3.8, 4) is 6.07 Å². The summed E-state index contributed by atoms with van der Waals surface area (Å²) in [5, 5.41) is 19.3. The van der Waals surface area contributed by atoms with E-state index < -0.39 is 17.3 Å². The Morgan fingerprint density at radius 3 is 2.88 bits per heavy atom. The van der Waals surface area contributed by atoms with E-state index >= 15 is 0 Å². The van der Waals surface area contributed by atoms with E-state index in [1.54, 1.807) is 0 Å². The van der Waals surface area contributed by atoms with Gasteiger partial charge in [0.1, 0.15) is 17.3 Å². The molecule has 0 spiro atoms. The minimum absolute atomic E-state index is 0.00497. The Hall–Kier alpha value is -1.15. The summed E-state index contributed by atoms with van der Waals surface area (Å²) in [6, 6.07) is 6.13. The summed E-state index contributed by atoms with van der Waals surface area (Å²) in [7, 11) is 0. The monoisotopic (exact) mass is 255 g/mol. The summed E-state index contributed by atoms with van der Waals surface area (Å²) in [6.07, 6.45) is -0.628. The molecule has 1 saturated heterocycles. The molecular formula is C12H11ClFNO2. The van der Waals surface area contributed by atoms with Gasteiger partial charge in [-0.3, -0.25) is 0 Å². The first-order chi connectivity index (χ1) is 8.09. The molecule has 1 N–H and O–H groups in total. The number of rotatable bonds is 2. The lowest BCUT2D eigenvalue weighted by Gasteiger charge is -2.25. The molecule has 0 amide bonds. The van der Waals surface area contributed by atoms with Gasteiger partial charge in [0.05, 0.1) is 17.7 Å². The molecule has 0 bridgehead atoms. The molecule has 0 saturated carbocycles. The van der Waals surface area contributed by atoms with Crippen molar-refractivity contribution in [2.75, 3.05) is 13.2 Å². The summed E-state index contributed by atoms with van der Waals surface area (Å²) in [6.45, 7) is 0.593. The summed E-state index contributed by atoms with van der Waals surface area (Å²) in [4.78, 5) is 0. The maximum atomic E-state index is 13.3. The van der Waals surface area contributed by atoms with Gasteiger partial charge in [-0.05, 0) is 24.1 Å². The quantitative estimate of drug-likeness (QED) is 0.883. The fourth-order valence-electron chi connectivity index (χ4n) is 1.95. The lowest BCUT2D eigenvalue weighted by Crippen LogP contribution is -2.27. The average molecular weight is 256 g/mol. The second-order valence-corrected chi connectivity index (χ2v) is 4.55. The van der Waals surface area contributed by atoms with Gasteiger partial charge < -0.3 is 9.84 Å². The Morgan fingerprint density at radius 1 is 1.59 bits per heavy atom. The molecule has 1 fully saturated rings. The number of halogens is 2. The third-order valence-corrected chi connectivity index (χ3v) is 3.36. The van der Waals surface area contributed by atoms with Crippen molar-refractivity contribution in [3.63, 3.8) is 0 Å². The molecule has 2 rings (SSSR count). The molecule has 90 valence electrons. The summed E-state index contributed by atoms with van der Waals surface area (Å²) in [5.41, 5.74) is -0.640. The molecule has 17 heavy (non-hydrogen) atoms. The van der Waals surface area contributed by atoms with Gasteiger partial charge in [-0.15, -0.1) is 0 Å². The highest BCUT2D eigenvalue weighted by Crippen LogP contribution is 2.41. The van der Waals surface area contributed by atoms with Gasteiger partial charge in [-0.2, -0.15) is 5.26 Å². The number of nitrogens with zero attached hydrogens (tertiary/aromatic N) is 1. The number of hydrogen-bond acceptors (Lipinski definition) is 3. The molecule has 1 aromatic carbocycles. The average Bonchev–Trinajstić information content (AvgIpc) is 2.81. The van der Waals surface area contributed by atoms with Crippen LogP contribution in [0, 0.1) is 22.6 Å². The second kappa shape index (κ2) is 4.61. The minimum Gasteiger partial charge on any atom is -0.387 e. The van der Waals surface area contributed by atoms with E-state index in [1.807, 2.05) is 0 Å². The third kappa shape index (κ3) is 2.14. The topological polar surface area (TPSA) is 53.2 Å². The molecule has 1 heterocycles. The van der Waals surface area contributed by atoms with Crippen molar-refractivity contribution in [2.24, 2.45) is 5.41 Å². The molecule has 5 heteroatoms. The van der Waals surface area contributed by atoms with Crippen molar-refractivity contribution in [2.45, 2.75) is 12.5 Å². The first kappa shape index (κ1) is 12.3. The molecule has 0 aromatic heterocycles. The summed E-state index contributed by atoms with van der Waals surface area (Å²) in [5.74, 6) is -0.602. The SMILES string of the molecule is N#CC1(C(O)c2ccc(Cl)c(F)c2)CCOC1. The van der Waals surface area contributed by atoms with E-state index in [-0.39, 0.29) is 11.6 Å². The van der Waals surface area contributed by atoms with E-state index in [4.69, 9.17) is 21.6 Å². The highest BCUT2D eigenvalue weighted by molar-refractivity contribution is 6.30. The zero-order chi connectivity index (χ0) is 12.5. The van der Waals surface area contributed by atoms with Crippen molar-refractivity contribution in [3.05, 3.63) is 34.6 Å². The van der Waals surface area contributed by atoms with Crippen LogP contribution in [0.2, 0.25) is 5.02 Å². The van der Waals surface area contributed by atoms with Crippen molar-refractivity contribution in [1.82, 2.24) is 0 Å². The van der Waals surface area contributed by atoms with Crippen molar-refractivity contribution in [1.29, 1.82) is 5.26 Å². The van der Waals surface area contributed by atoms with Crippen LogP contribution in [0.25, 0.3) is 0 Å². The van der Waals surface area contributed by atoms with Crippen LogP contribution in [-0.2, 0) is 4.74 Å². The van der Waals surface area contributed by atoms with Crippen LogP contribution in [0.3, 0.4) is 0 Å². The minimum atomic E-state index is -1.07. The fourth-order valence-corrected chi connectivity index (χ4v) is 2.06. The first-order valence-corrected chi connectivity index (χ1v) is 5.59. The highest BCUT2D eigenvalue weighted by Gasteiger charge is 2.43. The van der Waals surface area contributed by atoms with Crippen LogP contribution in [0.4, 0.5) is 4.39 Å². The predicted molar refractivity (Wildman–Crippen MR) is 59.9 cm³/mol.